The van der Waals surface area contributed by atoms with Crippen LogP contribution in [0.15, 0.2) is 18.2 Å². The number of rotatable bonds is 3. The van der Waals surface area contributed by atoms with Gasteiger partial charge in [-0.3, -0.25) is 4.90 Å². The minimum Gasteiger partial charge on any atom is -0.314 e. The molecule has 19 heavy (non-hydrogen) atoms. The molecule has 2 nitrogen and oxygen atoms in total. The summed E-state index contributed by atoms with van der Waals surface area (Å²) in [5.41, 5.74) is 1.45. The maximum absolute atomic E-state index is 13.2. The highest BCUT2D eigenvalue weighted by molar-refractivity contribution is 5.85. The van der Waals surface area contributed by atoms with Crippen LogP contribution in [0.5, 0.6) is 0 Å². The van der Waals surface area contributed by atoms with Crippen molar-refractivity contribution >= 4 is 24.8 Å². The third kappa shape index (κ3) is 4.56. The van der Waals surface area contributed by atoms with Crippen LogP contribution in [0, 0.1) is 12.7 Å². The highest BCUT2D eigenvalue weighted by Crippen LogP contribution is 2.23. The van der Waals surface area contributed by atoms with Crippen LogP contribution < -0.4 is 5.32 Å². The predicted octanol–water partition coefficient (Wildman–Crippen LogP) is 2.89. The lowest BCUT2D eigenvalue weighted by molar-refractivity contribution is 0.147. The van der Waals surface area contributed by atoms with Crippen LogP contribution in [0.2, 0.25) is 0 Å². The molecule has 110 valence electrons. The molecule has 0 spiro atoms. The monoisotopic (exact) mass is 312 g/mol. The average Bonchev–Trinajstić information content (AvgIpc) is 2.36. The van der Waals surface area contributed by atoms with E-state index in [1.807, 2.05) is 0 Å². The van der Waals surface area contributed by atoms with Crippen LogP contribution in [0.4, 0.5) is 8.78 Å². The summed E-state index contributed by atoms with van der Waals surface area (Å²) in [6, 6.07) is 4.63. The summed E-state index contributed by atoms with van der Waals surface area (Å²) in [5.74, 6) is -0.230. The molecule has 0 saturated carbocycles. The molecule has 1 fully saturated rings. The first kappa shape index (κ1) is 18.6. The second-order valence-corrected chi connectivity index (χ2v) is 4.46. The molecule has 0 aromatic heterocycles. The lowest BCUT2D eigenvalue weighted by Gasteiger charge is -2.33. The van der Waals surface area contributed by atoms with E-state index < -0.39 is 6.67 Å². The van der Waals surface area contributed by atoms with E-state index in [1.165, 1.54) is 6.07 Å². The Kier molecular flexibility index (Phi) is 8.50. The van der Waals surface area contributed by atoms with E-state index in [-0.39, 0.29) is 36.7 Å². The number of piperazine rings is 1. The lowest BCUT2D eigenvalue weighted by Crippen LogP contribution is -2.45. The quantitative estimate of drug-likeness (QED) is 0.923. The Morgan fingerprint density at radius 2 is 1.89 bits per heavy atom. The Morgan fingerprint density at radius 1 is 1.26 bits per heavy atom. The number of nitrogens with one attached hydrogen (secondary N) is 1. The molecule has 2 rings (SSSR count). The third-order valence-electron chi connectivity index (χ3n) is 3.31. The number of alkyl halides is 1. The molecule has 1 atom stereocenters. The summed E-state index contributed by atoms with van der Waals surface area (Å²) in [6.07, 6.45) is 0. The van der Waals surface area contributed by atoms with Gasteiger partial charge in [-0.25, -0.2) is 8.78 Å². The molecule has 1 aliphatic rings. The molecule has 0 radical (unpaired) electrons. The van der Waals surface area contributed by atoms with Crippen molar-refractivity contribution in [3.05, 3.63) is 35.1 Å². The van der Waals surface area contributed by atoms with Gasteiger partial charge in [0.15, 0.2) is 0 Å². The average molecular weight is 313 g/mol. The summed E-state index contributed by atoms with van der Waals surface area (Å²) in [5, 5.41) is 3.24. The van der Waals surface area contributed by atoms with Gasteiger partial charge in [0.1, 0.15) is 12.5 Å². The second kappa shape index (κ2) is 8.69. The summed E-state index contributed by atoms with van der Waals surface area (Å²) < 4.78 is 26.4. The van der Waals surface area contributed by atoms with Crippen molar-refractivity contribution in [3.8, 4) is 0 Å². The fourth-order valence-electron chi connectivity index (χ4n) is 2.27. The molecule has 0 amide bonds. The van der Waals surface area contributed by atoms with Crippen molar-refractivity contribution in [3.63, 3.8) is 0 Å². The minimum atomic E-state index is -0.426. The molecule has 1 aliphatic heterocycles. The first-order valence-electron chi connectivity index (χ1n) is 5.99. The molecule has 1 aromatic rings. The zero-order valence-corrected chi connectivity index (χ0v) is 12.5. The van der Waals surface area contributed by atoms with Gasteiger partial charge in [0.2, 0.25) is 0 Å². The van der Waals surface area contributed by atoms with E-state index in [2.05, 4.69) is 10.2 Å². The Labute approximate surface area is 125 Å². The molecule has 1 heterocycles. The van der Waals surface area contributed by atoms with Crippen molar-refractivity contribution in [2.45, 2.75) is 13.0 Å². The number of benzene rings is 1. The SMILES string of the molecule is Cc1cc([C@H](CF)N2CCNCC2)ccc1F.Cl.Cl. The fourth-order valence-corrected chi connectivity index (χ4v) is 2.27. The van der Waals surface area contributed by atoms with Crippen molar-refractivity contribution in [2.75, 3.05) is 32.9 Å². The Bertz CT molecular complexity index is 385. The predicted molar refractivity (Wildman–Crippen MR) is 78.8 cm³/mol. The van der Waals surface area contributed by atoms with Crippen molar-refractivity contribution in [1.29, 1.82) is 0 Å². The normalized spacial score (nSPS) is 17.2. The number of aryl methyl sites for hydroxylation is 1. The first-order chi connectivity index (χ1) is 8.22. The van der Waals surface area contributed by atoms with Crippen molar-refractivity contribution in [1.82, 2.24) is 10.2 Å². The molecular weight excluding hydrogens is 293 g/mol. The lowest BCUT2D eigenvalue weighted by atomic mass is 10.0. The standard InChI is InChI=1S/C13H18F2N2.2ClH/c1-10-8-11(2-3-12(10)15)13(9-14)17-6-4-16-5-7-17;;/h2-3,8,13,16H,4-7,9H2,1H3;2*1H/t13-;;/m0../s1. The smallest absolute Gasteiger partial charge is 0.126 e. The van der Waals surface area contributed by atoms with Crippen LogP contribution in [-0.2, 0) is 0 Å². The topological polar surface area (TPSA) is 15.3 Å². The Balaban J connectivity index is 0.00000162. The molecule has 1 N–H and O–H groups in total. The van der Waals surface area contributed by atoms with Gasteiger partial charge in [-0.2, -0.15) is 0 Å². The Hall–Kier alpha value is -0.420. The van der Waals surface area contributed by atoms with E-state index in [1.54, 1.807) is 19.1 Å². The van der Waals surface area contributed by atoms with Crippen molar-refractivity contribution < 1.29 is 8.78 Å². The summed E-state index contributed by atoms with van der Waals surface area (Å²) in [4.78, 5) is 2.11. The highest BCUT2D eigenvalue weighted by Gasteiger charge is 2.22. The van der Waals surface area contributed by atoms with Gasteiger partial charge in [-0.05, 0) is 24.1 Å². The van der Waals surface area contributed by atoms with Gasteiger partial charge in [0.25, 0.3) is 0 Å². The fraction of sp³-hybridized carbons (Fsp3) is 0.538. The summed E-state index contributed by atoms with van der Waals surface area (Å²) >= 11 is 0. The zero-order chi connectivity index (χ0) is 12.3. The van der Waals surface area contributed by atoms with Gasteiger partial charge in [0, 0.05) is 26.2 Å². The summed E-state index contributed by atoms with van der Waals surface area (Å²) in [7, 11) is 0. The van der Waals surface area contributed by atoms with Gasteiger partial charge in [-0.15, -0.1) is 24.8 Å². The minimum absolute atomic E-state index is 0. The van der Waals surface area contributed by atoms with Gasteiger partial charge in [-0.1, -0.05) is 12.1 Å². The summed E-state index contributed by atoms with van der Waals surface area (Å²) in [6.45, 7) is 4.74. The van der Waals surface area contributed by atoms with E-state index in [0.717, 1.165) is 31.7 Å². The number of hydrogen-bond acceptors (Lipinski definition) is 2. The number of nitrogens with zero attached hydrogens (tertiary/aromatic N) is 1. The molecule has 0 aliphatic carbocycles. The number of halogens is 4. The molecular formula is C13H20Cl2F2N2. The van der Waals surface area contributed by atoms with Gasteiger partial charge >= 0.3 is 0 Å². The van der Waals surface area contributed by atoms with Crippen LogP contribution in [-0.4, -0.2) is 37.8 Å². The van der Waals surface area contributed by atoms with Crippen LogP contribution >= 0.6 is 24.8 Å². The van der Waals surface area contributed by atoms with Gasteiger partial charge in [0.05, 0.1) is 6.04 Å². The van der Waals surface area contributed by atoms with E-state index in [4.69, 9.17) is 0 Å². The van der Waals surface area contributed by atoms with E-state index in [0.29, 0.717) is 5.56 Å². The molecule has 0 bridgehead atoms. The third-order valence-corrected chi connectivity index (χ3v) is 3.31. The molecule has 1 aromatic carbocycles. The molecule has 1 saturated heterocycles. The van der Waals surface area contributed by atoms with Gasteiger partial charge < -0.3 is 5.32 Å². The largest absolute Gasteiger partial charge is 0.314 e. The van der Waals surface area contributed by atoms with Crippen LogP contribution in [0.25, 0.3) is 0 Å². The van der Waals surface area contributed by atoms with Crippen molar-refractivity contribution in [2.24, 2.45) is 0 Å². The highest BCUT2D eigenvalue weighted by atomic mass is 35.5. The first-order valence-corrected chi connectivity index (χ1v) is 5.99. The molecule has 0 unspecified atom stereocenters. The van der Waals surface area contributed by atoms with E-state index >= 15 is 0 Å². The number of hydrogen-bond donors (Lipinski definition) is 1. The van der Waals surface area contributed by atoms with E-state index in [9.17, 15) is 8.78 Å². The zero-order valence-electron chi connectivity index (χ0n) is 10.9. The van der Waals surface area contributed by atoms with Crippen LogP contribution in [0.3, 0.4) is 0 Å². The maximum Gasteiger partial charge on any atom is 0.126 e. The maximum atomic E-state index is 13.2. The second-order valence-electron chi connectivity index (χ2n) is 4.46. The molecule has 6 heteroatoms. The Morgan fingerprint density at radius 3 is 2.42 bits per heavy atom. The van der Waals surface area contributed by atoms with Crippen LogP contribution in [0.1, 0.15) is 17.2 Å².